The normalized spacial score (nSPS) is 11.0. The molecule has 2 N–H and O–H groups in total. The quantitative estimate of drug-likeness (QED) is 0.454. The minimum absolute atomic E-state index is 0.248. The summed E-state index contributed by atoms with van der Waals surface area (Å²) in [6.45, 7) is 5.00. The van der Waals surface area contributed by atoms with Crippen molar-refractivity contribution in [2.45, 2.75) is 13.8 Å². The molecular weight excluding hydrogens is 384 g/mol. The van der Waals surface area contributed by atoms with Crippen LogP contribution in [0, 0.1) is 13.8 Å². The molecule has 30 heavy (non-hydrogen) atoms. The van der Waals surface area contributed by atoms with Gasteiger partial charge in [-0.15, -0.1) is 0 Å². The van der Waals surface area contributed by atoms with E-state index in [0.717, 1.165) is 22.3 Å². The molecule has 4 rings (SSSR count). The molecule has 3 aromatic heterocycles. The smallest absolute Gasteiger partial charge is 0.321 e. The van der Waals surface area contributed by atoms with Crippen molar-refractivity contribution in [2.75, 3.05) is 30.9 Å². The van der Waals surface area contributed by atoms with Crippen LogP contribution in [0.5, 0.6) is 0 Å². The van der Waals surface area contributed by atoms with Crippen molar-refractivity contribution in [3.05, 3.63) is 59.5 Å². The Kier molecular flexibility index (Phi) is 5.44. The lowest BCUT2D eigenvalue weighted by atomic mass is 10.1. The second kappa shape index (κ2) is 8.34. The fourth-order valence-electron chi connectivity index (χ4n) is 3.01. The Hall–Kier alpha value is -3.72. The van der Waals surface area contributed by atoms with Crippen LogP contribution in [0.2, 0.25) is 0 Å². The van der Waals surface area contributed by atoms with Crippen LogP contribution in [0.4, 0.5) is 11.7 Å². The number of carbonyl (C=O) groups excluding carboxylic acids is 1. The molecule has 3 heterocycles. The number of hydrogen-bond acceptors (Lipinski definition) is 7. The van der Waals surface area contributed by atoms with Gasteiger partial charge in [0.25, 0.3) is 5.91 Å². The number of anilines is 2. The number of carbonyl (C=O) groups is 1. The molecule has 0 aliphatic heterocycles. The number of aromatic nitrogens is 4. The van der Waals surface area contributed by atoms with Crippen LogP contribution in [0.3, 0.4) is 0 Å². The highest BCUT2D eigenvalue weighted by atomic mass is 16.5. The predicted molar refractivity (Wildman–Crippen MR) is 113 cm³/mol. The molecule has 0 unspecified atom stereocenters. The summed E-state index contributed by atoms with van der Waals surface area (Å²) in [5.41, 5.74) is 4.58. The third-order valence-electron chi connectivity index (χ3n) is 4.65. The summed E-state index contributed by atoms with van der Waals surface area (Å²) in [5, 5.41) is 9.95. The van der Waals surface area contributed by atoms with Gasteiger partial charge in [-0.1, -0.05) is 17.3 Å². The number of pyridine rings is 1. The highest BCUT2D eigenvalue weighted by molar-refractivity contribution is 6.04. The topological polar surface area (TPSA) is 107 Å². The zero-order chi connectivity index (χ0) is 21.1. The number of fused-ring (bicyclic) bond motifs is 1. The van der Waals surface area contributed by atoms with Gasteiger partial charge in [0, 0.05) is 31.1 Å². The first-order valence-electron chi connectivity index (χ1n) is 9.48. The molecule has 154 valence electrons. The van der Waals surface area contributed by atoms with Gasteiger partial charge in [-0.25, -0.2) is 4.98 Å². The highest BCUT2D eigenvalue weighted by Crippen LogP contribution is 2.25. The Morgan fingerprint density at radius 3 is 2.93 bits per heavy atom. The number of aryl methyl sites for hydroxylation is 2. The Morgan fingerprint density at radius 1 is 1.23 bits per heavy atom. The standard InChI is InChI=1S/C21H22N6O3/c1-13-6-8-27-17(12-23-18(27)10-13)20(28)24-16-11-15(5-4-14(16)2)19-25-21(30-26-19)22-7-9-29-3/h4-6,8,10-12H,7,9H2,1-3H3,(H,24,28)(H,22,25,26). The summed E-state index contributed by atoms with van der Waals surface area (Å²) in [6.07, 6.45) is 3.41. The van der Waals surface area contributed by atoms with Crippen LogP contribution in [0.15, 0.2) is 47.2 Å². The third-order valence-corrected chi connectivity index (χ3v) is 4.65. The number of benzene rings is 1. The van der Waals surface area contributed by atoms with Gasteiger partial charge < -0.3 is 19.9 Å². The van der Waals surface area contributed by atoms with E-state index in [1.807, 2.05) is 50.4 Å². The van der Waals surface area contributed by atoms with Gasteiger partial charge >= 0.3 is 6.01 Å². The number of rotatable bonds is 7. The summed E-state index contributed by atoms with van der Waals surface area (Å²) >= 11 is 0. The molecule has 0 radical (unpaired) electrons. The lowest BCUT2D eigenvalue weighted by molar-refractivity contribution is 0.102. The van der Waals surface area contributed by atoms with Crippen molar-refractivity contribution in [2.24, 2.45) is 0 Å². The average molecular weight is 406 g/mol. The van der Waals surface area contributed by atoms with Crippen molar-refractivity contribution in [1.29, 1.82) is 0 Å². The molecule has 0 atom stereocenters. The van der Waals surface area contributed by atoms with E-state index in [9.17, 15) is 4.79 Å². The van der Waals surface area contributed by atoms with Crippen LogP contribution in [0.1, 0.15) is 21.6 Å². The molecule has 9 heteroatoms. The zero-order valence-electron chi connectivity index (χ0n) is 17.0. The Balaban J connectivity index is 1.55. The first kappa shape index (κ1) is 19.6. The predicted octanol–water partition coefficient (Wildman–Crippen LogP) is 3.31. The van der Waals surface area contributed by atoms with E-state index in [1.165, 1.54) is 0 Å². The maximum atomic E-state index is 12.9. The van der Waals surface area contributed by atoms with Gasteiger partial charge in [-0.2, -0.15) is 4.98 Å². The van der Waals surface area contributed by atoms with Crippen molar-refractivity contribution < 1.29 is 14.1 Å². The Labute approximate surface area is 173 Å². The molecule has 0 aliphatic rings. The molecule has 0 aliphatic carbocycles. The van der Waals surface area contributed by atoms with E-state index in [1.54, 1.807) is 17.7 Å². The van der Waals surface area contributed by atoms with Crippen molar-refractivity contribution in [1.82, 2.24) is 19.5 Å². The largest absolute Gasteiger partial charge is 0.383 e. The maximum absolute atomic E-state index is 12.9. The second-order valence-corrected chi connectivity index (χ2v) is 6.90. The summed E-state index contributed by atoms with van der Waals surface area (Å²) in [7, 11) is 1.62. The van der Waals surface area contributed by atoms with Gasteiger partial charge in [0.15, 0.2) is 0 Å². The Morgan fingerprint density at radius 2 is 2.10 bits per heavy atom. The number of methoxy groups -OCH3 is 1. The van der Waals surface area contributed by atoms with E-state index in [2.05, 4.69) is 25.8 Å². The summed E-state index contributed by atoms with van der Waals surface area (Å²) in [4.78, 5) is 21.5. The number of nitrogens with zero attached hydrogens (tertiary/aromatic N) is 4. The monoisotopic (exact) mass is 406 g/mol. The maximum Gasteiger partial charge on any atom is 0.321 e. The minimum Gasteiger partial charge on any atom is -0.383 e. The van der Waals surface area contributed by atoms with Crippen LogP contribution in [-0.2, 0) is 4.74 Å². The van der Waals surface area contributed by atoms with Crippen LogP contribution in [-0.4, -0.2) is 45.7 Å². The van der Waals surface area contributed by atoms with E-state index in [4.69, 9.17) is 9.26 Å². The number of imidazole rings is 1. The van der Waals surface area contributed by atoms with Gasteiger partial charge in [-0.05, 0) is 43.2 Å². The highest BCUT2D eigenvalue weighted by Gasteiger charge is 2.15. The average Bonchev–Trinajstić information content (AvgIpc) is 3.36. The zero-order valence-corrected chi connectivity index (χ0v) is 17.0. The van der Waals surface area contributed by atoms with E-state index < -0.39 is 0 Å². The van der Waals surface area contributed by atoms with Crippen LogP contribution in [0.25, 0.3) is 17.0 Å². The van der Waals surface area contributed by atoms with Gasteiger partial charge in [0.05, 0.1) is 12.8 Å². The van der Waals surface area contributed by atoms with Crippen molar-refractivity contribution in [3.8, 4) is 11.4 Å². The molecule has 1 amide bonds. The molecular formula is C21H22N6O3. The molecule has 1 aromatic carbocycles. The number of hydrogen-bond donors (Lipinski definition) is 2. The van der Waals surface area contributed by atoms with Gasteiger partial charge in [0.2, 0.25) is 5.82 Å². The molecule has 0 spiro atoms. The van der Waals surface area contributed by atoms with E-state index in [0.29, 0.717) is 36.4 Å². The lowest BCUT2D eigenvalue weighted by Gasteiger charge is -2.09. The molecule has 4 aromatic rings. The summed E-state index contributed by atoms with van der Waals surface area (Å²) < 4.78 is 12.0. The third kappa shape index (κ3) is 4.01. The summed E-state index contributed by atoms with van der Waals surface area (Å²) in [6, 6.07) is 9.78. The SMILES string of the molecule is COCCNc1nc(-c2ccc(C)c(NC(=O)c3cnc4cc(C)ccn34)c2)no1. The minimum atomic E-state index is -0.248. The molecule has 0 saturated heterocycles. The lowest BCUT2D eigenvalue weighted by Crippen LogP contribution is -2.15. The van der Waals surface area contributed by atoms with Gasteiger partial charge in [-0.3, -0.25) is 9.20 Å². The molecule has 0 fully saturated rings. The molecule has 0 bridgehead atoms. The summed E-state index contributed by atoms with van der Waals surface area (Å²) in [5.74, 6) is 0.178. The Bertz CT molecular complexity index is 1200. The second-order valence-electron chi connectivity index (χ2n) is 6.90. The van der Waals surface area contributed by atoms with E-state index >= 15 is 0 Å². The van der Waals surface area contributed by atoms with Crippen molar-refractivity contribution >= 4 is 23.3 Å². The van der Waals surface area contributed by atoms with Crippen LogP contribution >= 0.6 is 0 Å². The fraction of sp³-hybridized carbons (Fsp3) is 0.238. The van der Waals surface area contributed by atoms with Gasteiger partial charge in [0.1, 0.15) is 11.3 Å². The first-order chi connectivity index (χ1) is 14.5. The number of ether oxygens (including phenoxy) is 1. The van der Waals surface area contributed by atoms with E-state index in [-0.39, 0.29) is 5.91 Å². The fourth-order valence-corrected chi connectivity index (χ4v) is 3.01. The van der Waals surface area contributed by atoms with Crippen molar-refractivity contribution in [3.63, 3.8) is 0 Å². The number of nitrogens with one attached hydrogen (secondary N) is 2. The number of amides is 1. The first-order valence-corrected chi connectivity index (χ1v) is 9.48. The molecule has 9 nitrogen and oxygen atoms in total. The van der Waals surface area contributed by atoms with Crippen LogP contribution < -0.4 is 10.6 Å². The molecule has 0 saturated carbocycles.